The highest BCUT2D eigenvalue weighted by Gasteiger charge is 2.51. The molecule has 284 valence electrons. The van der Waals surface area contributed by atoms with E-state index in [9.17, 15) is 52.7 Å². The van der Waals surface area contributed by atoms with Crippen LogP contribution in [0.5, 0.6) is 0 Å². The van der Waals surface area contributed by atoms with Crippen molar-refractivity contribution in [3.63, 3.8) is 0 Å². The first-order chi connectivity index (χ1) is 24.2. The third kappa shape index (κ3) is 7.14. The zero-order valence-corrected chi connectivity index (χ0v) is 30.5. The summed E-state index contributed by atoms with van der Waals surface area (Å²) in [4.78, 5) is 0. The maximum absolute atomic E-state index is 13.9. The van der Waals surface area contributed by atoms with E-state index in [0.717, 1.165) is 35.4 Å². The molecule has 0 bridgehead atoms. The van der Waals surface area contributed by atoms with E-state index >= 15 is 0 Å². The van der Waals surface area contributed by atoms with E-state index in [1.165, 1.54) is 0 Å². The number of rotatable bonds is 4. The fraction of sp³-hybridized carbons (Fsp3) is 0.400. The van der Waals surface area contributed by atoms with Gasteiger partial charge in [-0.05, 0) is 131 Å². The number of benzene rings is 4. The first-order valence-corrected chi connectivity index (χ1v) is 20.2. The van der Waals surface area contributed by atoms with E-state index in [1.54, 1.807) is 26.0 Å². The van der Waals surface area contributed by atoms with E-state index < -0.39 is 55.0 Å². The van der Waals surface area contributed by atoms with Crippen LogP contribution >= 0.6 is 0 Å². The topological polar surface area (TPSA) is 0 Å². The van der Waals surface area contributed by atoms with E-state index in [2.05, 4.69) is 13.1 Å². The summed E-state index contributed by atoms with van der Waals surface area (Å²) >= 11 is 0. The Morgan fingerprint density at radius 1 is 0.453 bits per heavy atom. The Morgan fingerprint density at radius 3 is 1.00 bits per heavy atom. The minimum atomic E-state index is -5.01. The minimum Gasteiger partial charge on any atom is -0.166 e. The van der Waals surface area contributed by atoms with E-state index in [0.29, 0.717) is 46.2 Å². The number of alkyl halides is 12. The average Bonchev–Trinajstić information content (AvgIpc) is 3.53. The summed E-state index contributed by atoms with van der Waals surface area (Å²) in [6.07, 6.45) is -19.3. The van der Waals surface area contributed by atoms with E-state index in [4.69, 9.17) is 0 Å². The summed E-state index contributed by atoms with van der Waals surface area (Å²) in [7, 11) is -2.64. The molecule has 0 aromatic heterocycles. The van der Waals surface area contributed by atoms with Crippen LogP contribution in [0.15, 0.2) is 60.7 Å². The summed E-state index contributed by atoms with van der Waals surface area (Å²) in [5, 5.41) is 0. The first kappa shape index (κ1) is 39.0. The number of hydrogen-bond acceptors (Lipinski definition) is 0. The lowest BCUT2D eigenvalue weighted by molar-refractivity contribution is -0.144. The van der Waals surface area contributed by atoms with Gasteiger partial charge in [0.15, 0.2) is 0 Å². The third-order valence-electron chi connectivity index (χ3n) is 11.1. The standard InChI is InChI=1S/C40H36F12Si/c1-19-7-29(23-13-25(37(41,42)43)17-26(14-23)38(44,45)46)31-11-21(3)35(33(31)9-19)53(5,6)36-22(4)12-32-30(8-20(2)10-34(32)36)24-15-27(39(47,48)49)18-28(16-24)40(50,51)52/h7-10,13-18,21-22,35-36H,11-12H2,1-6H3. The maximum Gasteiger partial charge on any atom is 0.416 e. The summed E-state index contributed by atoms with van der Waals surface area (Å²) in [6.45, 7) is 11.8. The minimum absolute atomic E-state index is 0.0570. The largest absolute Gasteiger partial charge is 0.416 e. The van der Waals surface area contributed by atoms with Crippen LogP contribution in [0, 0.1) is 25.7 Å². The molecule has 6 rings (SSSR count). The van der Waals surface area contributed by atoms with Crippen LogP contribution in [0.25, 0.3) is 22.3 Å². The Hall–Kier alpha value is -3.74. The number of hydrogen-bond donors (Lipinski definition) is 0. The fourth-order valence-electron chi connectivity index (χ4n) is 9.39. The summed E-state index contributed by atoms with van der Waals surface area (Å²) < 4.78 is 166. The van der Waals surface area contributed by atoms with Crippen LogP contribution in [0.2, 0.25) is 13.1 Å². The average molecular weight is 773 g/mol. The number of aryl methyl sites for hydroxylation is 2. The van der Waals surface area contributed by atoms with Crippen LogP contribution in [0.3, 0.4) is 0 Å². The molecule has 13 heteroatoms. The predicted molar refractivity (Wildman–Crippen MR) is 182 cm³/mol. The Labute approximate surface area is 300 Å². The molecular formula is C40H36F12Si. The van der Waals surface area contributed by atoms with Crippen molar-refractivity contribution in [2.75, 3.05) is 0 Å². The van der Waals surface area contributed by atoms with Crippen LogP contribution < -0.4 is 0 Å². The summed E-state index contributed by atoms with van der Waals surface area (Å²) in [5.41, 5.74) is -1.19. The second-order valence-corrected chi connectivity index (χ2v) is 20.4. The quantitative estimate of drug-likeness (QED) is 0.143. The van der Waals surface area contributed by atoms with Gasteiger partial charge in [0.2, 0.25) is 0 Å². The lowest BCUT2D eigenvalue weighted by atomic mass is 9.92. The first-order valence-electron chi connectivity index (χ1n) is 17.0. The Balaban J connectivity index is 1.49. The third-order valence-corrected chi connectivity index (χ3v) is 16.1. The second kappa shape index (κ2) is 12.7. The zero-order valence-electron chi connectivity index (χ0n) is 29.5. The van der Waals surface area contributed by atoms with Gasteiger partial charge in [-0.2, -0.15) is 52.7 Å². The SMILES string of the molecule is Cc1cc(-c2cc(C(F)(F)F)cc(C(F)(F)F)c2)c2c(c1)C([Si](C)(C)C1c3cc(C)cc(-c4cc(C(F)(F)F)cc(C(F)(F)F)c4)c3CC1C)C(C)C2. The van der Waals surface area contributed by atoms with Gasteiger partial charge in [0.05, 0.1) is 30.3 Å². The van der Waals surface area contributed by atoms with Gasteiger partial charge in [-0.15, -0.1) is 0 Å². The molecule has 4 atom stereocenters. The van der Waals surface area contributed by atoms with E-state index in [-0.39, 0.29) is 46.2 Å². The molecule has 0 N–H and O–H groups in total. The van der Waals surface area contributed by atoms with Gasteiger partial charge in [-0.3, -0.25) is 0 Å². The monoisotopic (exact) mass is 772 g/mol. The highest BCUT2D eigenvalue weighted by atomic mass is 28.3. The fourth-order valence-corrected chi connectivity index (χ4v) is 15.1. The lowest BCUT2D eigenvalue weighted by Crippen LogP contribution is -2.45. The summed E-state index contributed by atoms with van der Waals surface area (Å²) in [5.74, 6) is -0.114. The molecule has 4 aromatic carbocycles. The van der Waals surface area contributed by atoms with Crippen LogP contribution in [0.1, 0.15) is 80.6 Å². The van der Waals surface area contributed by atoms with Gasteiger partial charge >= 0.3 is 24.7 Å². The van der Waals surface area contributed by atoms with Gasteiger partial charge in [-0.25, -0.2) is 0 Å². The molecule has 4 aromatic rings. The van der Waals surface area contributed by atoms with Crippen molar-refractivity contribution in [1.82, 2.24) is 0 Å². The molecule has 2 aliphatic carbocycles. The normalized spacial score (nSPS) is 20.9. The smallest absolute Gasteiger partial charge is 0.166 e. The van der Waals surface area contributed by atoms with Gasteiger partial charge in [0.1, 0.15) is 0 Å². The highest BCUT2D eigenvalue weighted by Crippen LogP contribution is 2.56. The number of fused-ring (bicyclic) bond motifs is 2. The zero-order chi connectivity index (χ0) is 39.4. The molecule has 53 heavy (non-hydrogen) atoms. The van der Waals surface area contributed by atoms with Gasteiger partial charge in [0.25, 0.3) is 0 Å². The predicted octanol–water partition coefficient (Wildman–Crippen LogP) is 13.8. The molecule has 0 spiro atoms. The molecular weight excluding hydrogens is 737 g/mol. The second-order valence-electron chi connectivity index (χ2n) is 15.5. The summed E-state index contributed by atoms with van der Waals surface area (Å²) in [6, 6.07) is 10.4. The van der Waals surface area contributed by atoms with Gasteiger partial charge < -0.3 is 0 Å². The molecule has 0 nitrogen and oxygen atoms in total. The van der Waals surface area contributed by atoms with Gasteiger partial charge in [0, 0.05) is 0 Å². The van der Waals surface area contributed by atoms with Crippen molar-refractivity contribution in [3.05, 3.63) is 116 Å². The lowest BCUT2D eigenvalue weighted by Gasteiger charge is -2.41. The Bertz CT molecular complexity index is 1870. The van der Waals surface area contributed by atoms with Crippen molar-refractivity contribution in [2.24, 2.45) is 11.8 Å². The molecule has 0 aliphatic heterocycles. The van der Waals surface area contributed by atoms with Crippen molar-refractivity contribution >= 4 is 8.07 Å². The Kier molecular flexibility index (Phi) is 9.31. The molecule has 0 saturated heterocycles. The van der Waals surface area contributed by atoms with Crippen LogP contribution in [0.4, 0.5) is 52.7 Å². The highest BCUT2D eigenvalue weighted by molar-refractivity contribution is 6.80. The van der Waals surface area contributed by atoms with Crippen molar-refractivity contribution < 1.29 is 52.7 Å². The molecule has 0 saturated carbocycles. The number of halogens is 12. The molecule has 0 heterocycles. The molecule has 2 aliphatic rings. The molecule has 0 radical (unpaired) electrons. The molecule has 0 amide bonds. The van der Waals surface area contributed by atoms with Crippen LogP contribution in [-0.2, 0) is 37.5 Å². The molecule has 0 fully saturated rings. The van der Waals surface area contributed by atoms with Crippen molar-refractivity contribution in [1.29, 1.82) is 0 Å². The van der Waals surface area contributed by atoms with Crippen molar-refractivity contribution in [3.8, 4) is 22.3 Å². The van der Waals surface area contributed by atoms with E-state index in [1.807, 2.05) is 26.0 Å². The van der Waals surface area contributed by atoms with Gasteiger partial charge in [-0.1, -0.05) is 62.3 Å². The maximum atomic E-state index is 13.9. The van der Waals surface area contributed by atoms with Crippen LogP contribution in [-0.4, -0.2) is 8.07 Å². The Morgan fingerprint density at radius 2 is 0.736 bits per heavy atom. The molecule has 4 unspecified atom stereocenters. The van der Waals surface area contributed by atoms with Crippen molar-refractivity contribution in [2.45, 2.75) is 89.4 Å².